The molecule has 0 aliphatic carbocycles. The third kappa shape index (κ3) is 4.85. The van der Waals surface area contributed by atoms with Gasteiger partial charge in [-0.3, -0.25) is 0 Å². The number of likely N-dealkylation sites (N-methyl/N-ethyl adjacent to an activating group) is 1. The molecule has 0 aromatic heterocycles. The molecule has 16 heavy (non-hydrogen) atoms. The standard InChI is InChI=1S/C10H16F3NO2/c1-14-8(9-3-2-5-16-9)4-6-15-7-10(11,12)13/h3,8,14H,2,4-7H2,1H3. The van der Waals surface area contributed by atoms with Crippen molar-refractivity contribution in [3.63, 3.8) is 0 Å². The zero-order chi connectivity index (χ0) is 12.0. The van der Waals surface area contributed by atoms with Gasteiger partial charge in [-0.25, -0.2) is 0 Å². The maximum Gasteiger partial charge on any atom is 0.411 e. The van der Waals surface area contributed by atoms with Gasteiger partial charge < -0.3 is 14.8 Å². The predicted octanol–water partition coefficient (Wildman–Crippen LogP) is 1.85. The zero-order valence-electron chi connectivity index (χ0n) is 9.14. The van der Waals surface area contributed by atoms with Gasteiger partial charge in [0.15, 0.2) is 0 Å². The van der Waals surface area contributed by atoms with Crippen LogP contribution in [0.15, 0.2) is 11.8 Å². The molecule has 3 nitrogen and oxygen atoms in total. The minimum Gasteiger partial charge on any atom is -0.496 e. The molecule has 1 N–H and O–H groups in total. The van der Waals surface area contributed by atoms with Gasteiger partial charge in [0.05, 0.1) is 12.6 Å². The molecule has 0 aromatic rings. The molecule has 0 spiro atoms. The van der Waals surface area contributed by atoms with Gasteiger partial charge in [-0.1, -0.05) is 0 Å². The van der Waals surface area contributed by atoms with Crippen LogP contribution in [0.2, 0.25) is 0 Å². The van der Waals surface area contributed by atoms with Crippen LogP contribution in [0.1, 0.15) is 12.8 Å². The molecule has 1 unspecified atom stereocenters. The van der Waals surface area contributed by atoms with Crippen molar-refractivity contribution in [2.75, 3.05) is 26.9 Å². The van der Waals surface area contributed by atoms with E-state index in [0.717, 1.165) is 12.2 Å². The summed E-state index contributed by atoms with van der Waals surface area (Å²) < 4.78 is 45.2. The molecule has 1 aliphatic heterocycles. The number of alkyl halides is 3. The fourth-order valence-electron chi connectivity index (χ4n) is 1.50. The lowest BCUT2D eigenvalue weighted by molar-refractivity contribution is -0.174. The molecular formula is C10H16F3NO2. The van der Waals surface area contributed by atoms with Crippen LogP contribution in [-0.4, -0.2) is 39.1 Å². The van der Waals surface area contributed by atoms with Crippen molar-refractivity contribution in [3.05, 3.63) is 11.8 Å². The molecule has 1 atom stereocenters. The molecule has 0 saturated heterocycles. The first-order valence-corrected chi connectivity index (χ1v) is 5.17. The Hall–Kier alpha value is -0.750. The van der Waals surface area contributed by atoms with Crippen molar-refractivity contribution in [2.45, 2.75) is 25.1 Å². The largest absolute Gasteiger partial charge is 0.496 e. The van der Waals surface area contributed by atoms with Crippen LogP contribution < -0.4 is 5.32 Å². The summed E-state index contributed by atoms with van der Waals surface area (Å²) in [5.74, 6) is 0.804. The van der Waals surface area contributed by atoms with Crippen LogP contribution in [0.3, 0.4) is 0 Å². The quantitative estimate of drug-likeness (QED) is 0.717. The molecule has 1 heterocycles. The molecule has 94 valence electrons. The van der Waals surface area contributed by atoms with E-state index < -0.39 is 12.8 Å². The van der Waals surface area contributed by atoms with Crippen molar-refractivity contribution in [3.8, 4) is 0 Å². The molecule has 0 amide bonds. The molecule has 0 aromatic carbocycles. The summed E-state index contributed by atoms with van der Waals surface area (Å²) in [5, 5.41) is 2.99. The first kappa shape index (κ1) is 13.3. The number of hydrogen-bond acceptors (Lipinski definition) is 3. The highest BCUT2D eigenvalue weighted by molar-refractivity contribution is 5.06. The van der Waals surface area contributed by atoms with E-state index in [1.165, 1.54) is 0 Å². The lowest BCUT2D eigenvalue weighted by atomic mass is 10.1. The molecule has 6 heteroatoms. The monoisotopic (exact) mass is 239 g/mol. The van der Waals surface area contributed by atoms with E-state index in [1.807, 2.05) is 6.08 Å². The molecule has 0 saturated carbocycles. The van der Waals surface area contributed by atoms with Crippen molar-refractivity contribution in [2.24, 2.45) is 0 Å². The van der Waals surface area contributed by atoms with E-state index in [4.69, 9.17) is 4.74 Å². The van der Waals surface area contributed by atoms with Gasteiger partial charge in [-0.05, 0) is 19.5 Å². The Balaban J connectivity index is 2.19. The second-order valence-corrected chi connectivity index (χ2v) is 3.54. The number of rotatable bonds is 6. The number of halogens is 3. The Bertz CT molecular complexity index is 241. The first-order valence-electron chi connectivity index (χ1n) is 5.17. The van der Waals surface area contributed by atoms with Crippen LogP contribution in [0.4, 0.5) is 13.2 Å². The van der Waals surface area contributed by atoms with Crippen LogP contribution >= 0.6 is 0 Å². The van der Waals surface area contributed by atoms with Crippen molar-refractivity contribution in [1.82, 2.24) is 5.32 Å². The maximum atomic E-state index is 11.8. The lowest BCUT2D eigenvalue weighted by Crippen LogP contribution is -2.30. The Labute approximate surface area is 92.6 Å². The Kier molecular flexibility index (Phi) is 5.08. The summed E-state index contributed by atoms with van der Waals surface area (Å²) in [7, 11) is 1.75. The fraction of sp³-hybridized carbons (Fsp3) is 0.800. The van der Waals surface area contributed by atoms with Gasteiger partial charge in [0.2, 0.25) is 0 Å². The van der Waals surface area contributed by atoms with Gasteiger partial charge in [0, 0.05) is 13.0 Å². The lowest BCUT2D eigenvalue weighted by Gasteiger charge is -2.17. The van der Waals surface area contributed by atoms with Crippen molar-refractivity contribution < 1.29 is 22.6 Å². The smallest absolute Gasteiger partial charge is 0.411 e. The van der Waals surface area contributed by atoms with E-state index >= 15 is 0 Å². The minimum absolute atomic E-state index is 0.0595. The van der Waals surface area contributed by atoms with Gasteiger partial charge in [-0.2, -0.15) is 13.2 Å². The molecule has 0 fully saturated rings. The topological polar surface area (TPSA) is 30.5 Å². The Morgan fingerprint density at radius 3 is 2.81 bits per heavy atom. The van der Waals surface area contributed by atoms with E-state index in [9.17, 15) is 13.2 Å². The Morgan fingerprint density at radius 1 is 1.56 bits per heavy atom. The molecule has 0 bridgehead atoms. The van der Waals surface area contributed by atoms with Crippen LogP contribution in [-0.2, 0) is 9.47 Å². The Morgan fingerprint density at radius 2 is 2.31 bits per heavy atom. The number of hydrogen-bond donors (Lipinski definition) is 1. The van der Waals surface area contributed by atoms with Gasteiger partial charge in [0.25, 0.3) is 0 Å². The summed E-state index contributed by atoms with van der Waals surface area (Å²) in [6.07, 6.45) is -0.974. The minimum atomic E-state index is -4.25. The first-order chi connectivity index (χ1) is 7.53. The van der Waals surface area contributed by atoms with E-state index in [-0.39, 0.29) is 12.6 Å². The van der Waals surface area contributed by atoms with Crippen LogP contribution in [0, 0.1) is 0 Å². The average molecular weight is 239 g/mol. The molecule has 1 rings (SSSR count). The SMILES string of the molecule is CNC(CCOCC(F)(F)F)C1=CCCO1. The summed E-state index contributed by atoms with van der Waals surface area (Å²) in [4.78, 5) is 0. The molecule has 1 aliphatic rings. The van der Waals surface area contributed by atoms with E-state index in [2.05, 4.69) is 10.1 Å². The van der Waals surface area contributed by atoms with Crippen LogP contribution in [0.5, 0.6) is 0 Å². The fourth-order valence-corrected chi connectivity index (χ4v) is 1.50. The predicted molar refractivity (Wildman–Crippen MR) is 53.0 cm³/mol. The average Bonchev–Trinajstić information content (AvgIpc) is 2.69. The van der Waals surface area contributed by atoms with E-state index in [0.29, 0.717) is 13.0 Å². The van der Waals surface area contributed by atoms with E-state index in [1.54, 1.807) is 7.05 Å². The highest BCUT2D eigenvalue weighted by atomic mass is 19.4. The van der Waals surface area contributed by atoms with Gasteiger partial charge in [-0.15, -0.1) is 0 Å². The highest BCUT2D eigenvalue weighted by Gasteiger charge is 2.27. The maximum absolute atomic E-state index is 11.8. The van der Waals surface area contributed by atoms with Crippen molar-refractivity contribution >= 4 is 0 Å². The van der Waals surface area contributed by atoms with Crippen LogP contribution in [0.25, 0.3) is 0 Å². The zero-order valence-corrected chi connectivity index (χ0v) is 9.14. The third-order valence-corrected chi connectivity index (χ3v) is 2.24. The molecular weight excluding hydrogens is 223 g/mol. The normalized spacial score (nSPS) is 18.1. The number of nitrogens with one attached hydrogen (secondary N) is 1. The summed E-state index contributed by atoms with van der Waals surface area (Å²) >= 11 is 0. The second kappa shape index (κ2) is 6.10. The third-order valence-electron chi connectivity index (χ3n) is 2.24. The summed E-state index contributed by atoms with van der Waals surface area (Å²) in [6, 6.07) is -0.0595. The summed E-state index contributed by atoms with van der Waals surface area (Å²) in [6.45, 7) is -0.480. The highest BCUT2D eigenvalue weighted by Crippen LogP contribution is 2.17. The summed E-state index contributed by atoms with van der Waals surface area (Å²) in [5.41, 5.74) is 0. The van der Waals surface area contributed by atoms with Crippen molar-refractivity contribution in [1.29, 1.82) is 0 Å². The second-order valence-electron chi connectivity index (χ2n) is 3.54. The van der Waals surface area contributed by atoms with Gasteiger partial charge >= 0.3 is 6.18 Å². The van der Waals surface area contributed by atoms with Gasteiger partial charge in [0.1, 0.15) is 12.4 Å². The number of ether oxygens (including phenoxy) is 2. The molecule has 0 radical (unpaired) electrons.